The lowest BCUT2D eigenvalue weighted by Gasteiger charge is -2.06. The molecule has 30 heavy (non-hydrogen) atoms. The Morgan fingerprint density at radius 1 is 1.07 bits per heavy atom. The van der Waals surface area contributed by atoms with E-state index in [2.05, 4.69) is 15.6 Å². The summed E-state index contributed by atoms with van der Waals surface area (Å²) in [6.45, 7) is 0.630. The van der Waals surface area contributed by atoms with Gasteiger partial charge in [0.25, 0.3) is 5.91 Å². The van der Waals surface area contributed by atoms with Crippen LogP contribution in [0.1, 0.15) is 50.9 Å². The molecule has 6 nitrogen and oxygen atoms in total. The molecule has 0 fully saturated rings. The molecule has 8 heteroatoms. The SMILES string of the molecule is O=C(Cc1csc(NC(=O)c2ccccc2)n1)NCCCc1nc2c(s1)CCCC2. The average Bonchev–Trinajstić information content (AvgIpc) is 3.38. The van der Waals surface area contributed by atoms with Crippen LogP contribution in [0.25, 0.3) is 0 Å². The highest BCUT2D eigenvalue weighted by Crippen LogP contribution is 2.27. The summed E-state index contributed by atoms with van der Waals surface area (Å²) in [6, 6.07) is 8.99. The predicted molar refractivity (Wildman–Crippen MR) is 120 cm³/mol. The number of hydrogen-bond acceptors (Lipinski definition) is 6. The van der Waals surface area contributed by atoms with Gasteiger partial charge in [0.1, 0.15) is 0 Å². The Hall–Kier alpha value is -2.58. The molecule has 0 bridgehead atoms. The second kappa shape index (κ2) is 9.95. The fraction of sp³-hybridized carbons (Fsp3) is 0.364. The number of amides is 2. The quantitative estimate of drug-likeness (QED) is 0.518. The summed E-state index contributed by atoms with van der Waals surface area (Å²) in [4.78, 5) is 34.9. The van der Waals surface area contributed by atoms with Gasteiger partial charge in [-0.15, -0.1) is 22.7 Å². The monoisotopic (exact) mass is 440 g/mol. The molecule has 2 heterocycles. The predicted octanol–water partition coefficient (Wildman–Crippen LogP) is 4.02. The number of anilines is 1. The average molecular weight is 441 g/mol. The van der Waals surface area contributed by atoms with Crippen molar-refractivity contribution in [3.8, 4) is 0 Å². The number of carbonyl (C=O) groups excluding carboxylic acids is 2. The van der Waals surface area contributed by atoms with Gasteiger partial charge in [-0.2, -0.15) is 0 Å². The zero-order valence-electron chi connectivity index (χ0n) is 16.6. The van der Waals surface area contributed by atoms with Crippen molar-refractivity contribution in [1.82, 2.24) is 15.3 Å². The van der Waals surface area contributed by atoms with Gasteiger partial charge in [-0.1, -0.05) is 18.2 Å². The minimum absolute atomic E-state index is 0.0559. The molecule has 2 amide bonds. The number of nitrogens with one attached hydrogen (secondary N) is 2. The van der Waals surface area contributed by atoms with Crippen LogP contribution >= 0.6 is 22.7 Å². The van der Waals surface area contributed by atoms with Crippen LogP contribution in [0.4, 0.5) is 5.13 Å². The van der Waals surface area contributed by atoms with Crippen LogP contribution in [-0.4, -0.2) is 28.3 Å². The number of aromatic nitrogens is 2. The first-order chi connectivity index (χ1) is 14.7. The fourth-order valence-corrected chi connectivity index (χ4v) is 5.32. The molecule has 0 atom stereocenters. The van der Waals surface area contributed by atoms with E-state index in [1.807, 2.05) is 29.5 Å². The molecule has 0 spiro atoms. The van der Waals surface area contributed by atoms with Crippen molar-refractivity contribution in [3.05, 3.63) is 62.5 Å². The van der Waals surface area contributed by atoms with Crippen molar-refractivity contribution in [3.63, 3.8) is 0 Å². The smallest absolute Gasteiger partial charge is 0.257 e. The number of nitrogens with zero attached hydrogens (tertiary/aromatic N) is 2. The number of aryl methyl sites for hydroxylation is 3. The molecule has 4 rings (SSSR count). The molecule has 0 unspecified atom stereocenters. The lowest BCUT2D eigenvalue weighted by Crippen LogP contribution is -2.26. The summed E-state index contributed by atoms with van der Waals surface area (Å²) in [5, 5.41) is 9.22. The maximum atomic E-state index is 12.2. The topological polar surface area (TPSA) is 84.0 Å². The molecular formula is C22H24N4O2S2. The van der Waals surface area contributed by atoms with Crippen LogP contribution in [-0.2, 0) is 30.5 Å². The summed E-state index contributed by atoms with van der Waals surface area (Å²) >= 11 is 3.16. The minimum Gasteiger partial charge on any atom is -0.356 e. The second-order valence-electron chi connectivity index (χ2n) is 7.28. The third kappa shape index (κ3) is 5.52. The van der Waals surface area contributed by atoms with Gasteiger partial charge in [0.05, 0.1) is 22.8 Å². The molecular weight excluding hydrogens is 416 g/mol. The molecule has 1 aliphatic carbocycles. The van der Waals surface area contributed by atoms with Crippen molar-refractivity contribution in [2.45, 2.75) is 44.9 Å². The Labute approximate surface area is 183 Å². The normalized spacial score (nSPS) is 12.9. The first-order valence-electron chi connectivity index (χ1n) is 10.2. The highest BCUT2D eigenvalue weighted by atomic mass is 32.1. The van der Waals surface area contributed by atoms with E-state index in [0.717, 1.165) is 19.3 Å². The van der Waals surface area contributed by atoms with Crippen LogP contribution < -0.4 is 10.6 Å². The zero-order chi connectivity index (χ0) is 20.8. The Kier molecular flexibility index (Phi) is 6.86. The van der Waals surface area contributed by atoms with Gasteiger partial charge in [-0.25, -0.2) is 9.97 Å². The van der Waals surface area contributed by atoms with Gasteiger partial charge in [-0.3, -0.25) is 14.9 Å². The fourth-order valence-electron chi connectivity index (χ4n) is 3.41. The van der Waals surface area contributed by atoms with Gasteiger partial charge < -0.3 is 5.32 Å². The number of rotatable bonds is 8. The van der Waals surface area contributed by atoms with Gasteiger partial charge in [-0.05, 0) is 44.2 Å². The van der Waals surface area contributed by atoms with Crippen molar-refractivity contribution < 1.29 is 9.59 Å². The molecule has 3 aromatic rings. The summed E-state index contributed by atoms with van der Waals surface area (Å²) in [6.07, 6.45) is 6.82. The summed E-state index contributed by atoms with van der Waals surface area (Å²) in [5.74, 6) is -0.260. The van der Waals surface area contributed by atoms with Crippen molar-refractivity contribution in [1.29, 1.82) is 0 Å². The van der Waals surface area contributed by atoms with Crippen molar-refractivity contribution >= 4 is 39.6 Å². The highest BCUT2D eigenvalue weighted by molar-refractivity contribution is 7.14. The lowest BCUT2D eigenvalue weighted by molar-refractivity contribution is -0.120. The first-order valence-corrected chi connectivity index (χ1v) is 11.9. The van der Waals surface area contributed by atoms with E-state index in [4.69, 9.17) is 4.98 Å². The summed E-state index contributed by atoms with van der Waals surface area (Å²) in [7, 11) is 0. The summed E-state index contributed by atoms with van der Waals surface area (Å²) < 4.78 is 0. The summed E-state index contributed by atoms with van der Waals surface area (Å²) in [5.41, 5.74) is 2.53. The molecule has 1 aromatic carbocycles. The lowest BCUT2D eigenvalue weighted by atomic mass is 10.0. The Morgan fingerprint density at radius 3 is 2.73 bits per heavy atom. The number of carbonyl (C=O) groups is 2. The second-order valence-corrected chi connectivity index (χ2v) is 9.31. The molecule has 1 aliphatic rings. The molecule has 0 aliphatic heterocycles. The van der Waals surface area contributed by atoms with Gasteiger partial charge >= 0.3 is 0 Å². The third-order valence-electron chi connectivity index (χ3n) is 4.93. The Bertz CT molecular complexity index is 990. The van der Waals surface area contributed by atoms with E-state index in [1.165, 1.54) is 46.2 Å². The maximum absolute atomic E-state index is 12.2. The number of fused-ring (bicyclic) bond motifs is 1. The van der Waals surface area contributed by atoms with E-state index in [9.17, 15) is 9.59 Å². The van der Waals surface area contributed by atoms with Crippen LogP contribution in [0, 0.1) is 0 Å². The number of hydrogen-bond donors (Lipinski definition) is 2. The standard InChI is InChI=1S/C22H24N4O2S2/c27-19(23-12-6-11-20-25-17-9-4-5-10-18(17)30-20)13-16-14-29-22(24-16)26-21(28)15-7-2-1-3-8-15/h1-3,7-8,14H,4-6,9-13H2,(H,23,27)(H,24,26,28). The van der Waals surface area contributed by atoms with Crippen LogP contribution in [0.2, 0.25) is 0 Å². The Morgan fingerprint density at radius 2 is 1.90 bits per heavy atom. The van der Waals surface area contributed by atoms with Crippen LogP contribution in [0.15, 0.2) is 35.7 Å². The molecule has 0 saturated heterocycles. The van der Waals surface area contributed by atoms with Crippen molar-refractivity contribution in [2.24, 2.45) is 0 Å². The van der Waals surface area contributed by atoms with E-state index in [-0.39, 0.29) is 18.2 Å². The minimum atomic E-state index is -0.204. The van der Waals surface area contributed by atoms with Crippen LogP contribution in [0.5, 0.6) is 0 Å². The maximum Gasteiger partial charge on any atom is 0.257 e. The molecule has 2 aromatic heterocycles. The first kappa shape index (κ1) is 20.7. The largest absolute Gasteiger partial charge is 0.356 e. The van der Waals surface area contributed by atoms with E-state index >= 15 is 0 Å². The van der Waals surface area contributed by atoms with E-state index in [1.54, 1.807) is 17.5 Å². The molecule has 0 radical (unpaired) electrons. The van der Waals surface area contributed by atoms with Crippen molar-refractivity contribution in [2.75, 3.05) is 11.9 Å². The molecule has 0 saturated carbocycles. The van der Waals surface area contributed by atoms with Gasteiger partial charge in [0.15, 0.2) is 5.13 Å². The third-order valence-corrected chi connectivity index (χ3v) is 6.95. The number of benzene rings is 1. The van der Waals surface area contributed by atoms with Gasteiger partial charge in [0.2, 0.25) is 5.91 Å². The highest BCUT2D eigenvalue weighted by Gasteiger charge is 2.15. The molecule has 2 N–H and O–H groups in total. The van der Waals surface area contributed by atoms with E-state index < -0.39 is 0 Å². The van der Waals surface area contributed by atoms with Gasteiger partial charge in [0, 0.05) is 28.8 Å². The molecule has 156 valence electrons. The van der Waals surface area contributed by atoms with E-state index in [0.29, 0.717) is 22.9 Å². The van der Waals surface area contributed by atoms with Crippen LogP contribution in [0.3, 0.4) is 0 Å². The number of thiazole rings is 2. The zero-order valence-corrected chi connectivity index (χ0v) is 18.3. The Balaban J connectivity index is 1.18.